The summed E-state index contributed by atoms with van der Waals surface area (Å²) >= 11 is 5.93. The standard InChI is InChI=1S/C20H23ClN2O/c1-4-20(3,13-15(2)17-5-7-18(21)8-6-17)19(24)23-14-16-9-11-22-12-10-16/h5-12H,2,4,13-14H2,1,3H3,(H,23,24). The van der Waals surface area contributed by atoms with E-state index in [1.165, 1.54) is 0 Å². The van der Waals surface area contributed by atoms with Gasteiger partial charge in [0.05, 0.1) is 5.41 Å². The summed E-state index contributed by atoms with van der Waals surface area (Å²) in [5.41, 5.74) is 2.49. The maximum Gasteiger partial charge on any atom is 0.226 e. The molecular weight excluding hydrogens is 320 g/mol. The van der Waals surface area contributed by atoms with Crippen LogP contribution in [0.2, 0.25) is 5.02 Å². The molecule has 0 saturated heterocycles. The molecule has 1 N–H and O–H groups in total. The monoisotopic (exact) mass is 342 g/mol. The van der Waals surface area contributed by atoms with Gasteiger partial charge in [0, 0.05) is 24.0 Å². The number of allylic oxidation sites excluding steroid dienone is 1. The molecule has 3 nitrogen and oxygen atoms in total. The first-order valence-electron chi connectivity index (χ1n) is 8.05. The number of benzene rings is 1. The van der Waals surface area contributed by atoms with Gasteiger partial charge in [-0.15, -0.1) is 0 Å². The Morgan fingerprint density at radius 2 is 1.83 bits per heavy atom. The van der Waals surface area contributed by atoms with Gasteiger partial charge in [-0.3, -0.25) is 9.78 Å². The van der Waals surface area contributed by atoms with Crippen LogP contribution in [0.3, 0.4) is 0 Å². The van der Waals surface area contributed by atoms with E-state index in [1.807, 2.05) is 50.2 Å². The van der Waals surface area contributed by atoms with Crippen molar-refractivity contribution in [2.24, 2.45) is 5.41 Å². The Labute approximate surface area is 148 Å². The van der Waals surface area contributed by atoms with Gasteiger partial charge in [0.2, 0.25) is 5.91 Å². The highest BCUT2D eigenvalue weighted by atomic mass is 35.5. The number of carbonyl (C=O) groups excluding carboxylic acids is 1. The molecular formula is C20H23ClN2O. The molecule has 24 heavy (non-hydrogen) atoms. The van der Waals surface area contributed by atoms with Gasteiger partial charge in [0.1, 0.15) is 0 Å². The average molecular weight is 343 g/mol. The maximum absolute atomic E-state index is 12.7. The summed E-state index contributed by atoms with van der Waals surface area (Å²) in [7, 11) is 0. The quantitative estimate of drug-likeness (QED) is 0.779. The van der Waals surface area contributed by atoms with Gasteiger partial charge in [0.15, 0.2) is 0 Å². The Hall–Kier alpha value is -2.13. The van der Waals surface area contributed by atoms with E-state index in [0.717, 1.165) is 23.1 Å². The molecule has 0 saturated carbocycles. The molecule has 2 rings (SSSR count). The van der Waals surface area contributed by atoms with Crippen LogP contribution in [0.15, 0.2) is 55.4 Å². The molecule has 0 aliphatic heterocycles. The molecule has 1 aromatic heterocycles. The lowest BCUT2D eigenvalue weighted by Crippen LogP contribution is -2.38. The van der Waals surface area contributed by atoms with Crippen LogP contribution in [0.5, 0.6) is 0 Å². The van der Waals surface area contributed by atoms with Crippen molar-refractivity contribution < 1.29 is 4.79 Å². The summed E-state index contributed by atoms with van der Waals surface area (Å²) in [6, 6.07) is 11.4. The van der Waals surface area contributed by atoms with Gasteiger partial charge in [-0.1, -0.05) is 44.2 Å². The Morgan fingerprint density at radius 3 is 2.42 bits per heavy atom. The second kappa shape index (κ2) is 8.11. The number of nitrogens with one attached hydrogen (secondary N) is 1. The molecule has 2 aromatic rings. The summed E-state index contributed by atoms with van der Waals surface area (Å²) in [6.45, 7) is 8.67. The molecule has 1 aromatic carbocycles. The first-order valence-corrected chi connectivity index (χ1v) is 8.43. The van der Waals surface area contributed by atoms with Crippen LogP contribution in [-0.4, -0.2) is 10.9 Å². The predicted octanol–water partition coefficient (Wildman–Crippen LogP) is 4.87. The lowest BCUT2D eigenvalue weighted by Gasteiger charge is -2.28. The van der Waals surface area contributed by atoms with Crippen molar-refractivity contribution in [2.45, 2.75) is 33.2 Å². The van der Waals surface area contributed by atoms with Crippen LogP contribution < -0.4 is 5.32 Å². The number of carbonyl (C=O) groups is 1. The van der Waals surface area contributed by atoms with Gasteiger partial charge in [-0.05, 0) is 53.8 Å². The van der Waals surface area contributed by atoms with Crippen molar-refractivity contribution in [1.82, 2.24) is 10.3 Å². The van der Waals surface area contributed by atoms with Crippen molar-refractivity contribution in [2.75, 3.05) is 0 Å². The largest absolute Gasteiger partial charge is 0.352 e. The first-order chi connectivity index (χ1) is 11.4. The third kappa shape index (κ3) is 4.68. The van der Waals surface area contributed by atoms with Crippen LogP contribution in [-0.2, 0) is 11.3 Å². The van der Waals surface area contributed by atoms with Crippen LogP contribution in [0.1, 0.15) is 37.8 Å². The number of rotatable bonds is 7. The molecule has 0 aliphatic rings. The third-order valence-corrected chi connectivity index (χ3v) is 4.64. The van der Waals surface area contributed by atoms with E-state index < -0.39 is 5.41 Å². The zero-order chi connectivity index (χ0) is 17.6. The first kappa shape index (κ1) is 18.2. The van der Waals surface area contributed by atoms with Crippen LogP contribution >= 0.6 is 11.6 Å². The fourth-order valence-electron chi connectivity index (χ4n) is 2.52. The predicted molar refractivity (Wildman–Crippen MR) is 99.6 cm³/mol. The summed E-state index contributed by atoms with van der Waals surface area (Å²) < 4.78 is 0. The SMILES string of the molecule is C=C(CC(C)(CC)C(=O)NCc1ccncc1)c1ccc(Cl)cc1. The molecule has 0 spiro atoms. The Morgan fingerprint density at radius 1 is 1.21 bits per heavy atom. The van der Waals surface area contributed by atoms with Gasteiger partial charge in [-0.2, -0.15) is 0 Å². The smallest absolute Gasteiger partial charge is 0.226 e. The van der Waals surface area contributed by atoms with E-state index in [1.54, 1.807) is 12.4 Å². The van der Waals surface area contributed by atoms with E-state index in [2.05, 4.69) is 16.9 Å². The fraction of sp³-hybridized carbons (Fsp3) is 0.300. The number of aromatic nitrogens is 1. The van der Waals surface area contributed by atoms with E-state index in [9.17, 15) is 4.79 Å². The molecule has 1 amide bonds. The zero-order valence-electron chi connectivity index (χ0n) is 14.2. The van der Waals surface area contributed by atoms with Gasteiger partial charge >= 0.3 is 0 Å². The van der Waals surface area contributed by atoms with Crippen molar-refractivity contribution in [3.63, 3.8) is 0 Å². The normalized spacial score (nSPS) is 13.1. The third-order valence-electron chi connectivity index (χ3n) is 4.39. The number of hydrogen-bond donors (Lipinski definition) is 1. The zero-order valence-corrected chi connectivity index (χ0v) is 14.9. The number of hydrogen-bond acceptors (Lipinski definition) is 2. The highest BCUT2D eigenvalue weighted by Gasteiger charge is 2.31. The molecule has 0 bridgehead atoms. The molecule has 1 heterocycles. The summed E-state index contributed by atoms with van der Waals surface area (Å²) in [4.78, 5) is 16.7. The minimum Gasteiger partial charge on any atom is -0.352 e. The fourth-order valence-corrected chi connectivity index (χ4v) is 2.65. The second-order valence-electron chi connectivity index (χ2n) is 6.24. The lowest BCUT2D eigenvalue weighted by molar-refractivity contribution is -0.130. The van der Waals surface area contributed by atoms with Crippen molar-refractivity contribution >= 4 is 23.1 Å². The summed E-state index contributed by atoms with van der Waals surface area (Å²) in [6.07, 6.45) is 4.79. The molecule has 126 valence electrons. The lowest BCUT2D eigenvalue weighted by atomic mass is 9.79. The minimum absolute atomic E-state index is 0.0388. The molecule has 0 radical (unpaired) electrons. The summed E-state index contributed by atoms with van der Waals surface area (Å²) in [5, 5.41) is 3.72. The van der Waals surface area contributed by atoms with E-state index in [0.29, 0.717) is 18.0 Å². The molecule has 0 fully saturated rings. The van der Waals surface area contributed by atoms with E-state index in [-0.39, 0.29) is 5.91 Å². The Bertz CT molecular complexity index is 697. The Kier molecular flexibility index (Phi) is 6.16. The highest BCUT2D eigenvalue weighted by Crippen LogP contribution is 2.34. The summed E-state index contributed by atoms with van der Waals surface area (Å²) in [5.74, 6) is 0.0388. The number of halogens is 1. The van der Waals surface area contributed by atoms with Crippen LogP contribution in [0.25, 0.3) is 5.57 Å². The molecule has 1 unspecified atom stereocenters. The topological polar surface area (TPSA) is 42.0 Å². The van der Waals surface area contributed by atoms with Crippen molar-refractivity contribution in [3.8, 4) is 0 Å². The molecule has 0 aliphatic carbocycles. The van der Waals surface area contributed by atoms with Crippen LogP contribution in [0, 0.1) is 5.41 Å². The highest BCUT2D eigenvalue weighted by molar-refractivity contribution is 6.30. The van der Waals surface area contributed by atoms with Crippen molar-refractivity contribution in [1.29, 1.82) is 0 Å². The second-order valence-corrected chi connectivity index (χ2v) is 6.68. The van der Waals surface area contributed by atoms with Crippen molar-refractivity contribution in [3.05, 3.63) is 71.5 Å². The number of pyridine rings is 1. The maximum atomic E-state index is 12.7. The van der Waals surface area contributed by atoms with Crippen LogP contribution in [0.4, 0.5) is 0 Å². The number of nitrogens with zero attached hydrogens (tertiary/aromatic N) is 1. The molecule has 1 atom stereocenters. The number of amides is 1. The molecule has 4 heteroatoms. The Balaban J connectivity index is 2.02. The average Bonchev–Trinajstić information content (AvgIpc) is 2.60. The minimum atomic E-state index is -0.496. The van der Waals surface area contributed by atoms with E-state index >= 15 is 0 Å². The van der Waals surface area contributed by atoms with Gasteiger partial charge < -0.3 is 5.32 Å². The van der Waals surface area contributed by atoms with E-state index in [4.69, 9.17) is 11.6 Å². The van der Waals surface area contributed by atoms with Gasteiger partial charge in [-0.25, -0.2) is 0 Å². The van der Waals surface area contributed by atoms with Gasteiger partial charge in [0.25, 0.3) is 0 Å².